The Morgan fingerprint density at radius 1 is 0.893 bits per heavy atom. The van der Waals surface area contributed by atoms with E-state index in [0.29, 0.717) is 10.0 Å². The van der Waals surface area contributed by atoms with Gasteiger partial charge in [-0.05, 0) is 23.8 Å². The summed E-state index contributed by atoms with van der Waals surface area (Å²) in [6.07, 6.45) is -0.816. The van der Waals surface area contributed by atoms with Crippen molar-refractivity contribution in [3.8, 4) is 0 Å². The fraction of sp³-hybridized carbons (Fsp3) is 0.0952. The molecule has 0 aromatic heterocycles. The minimum atomic E-state index is -3.90. The molecule has 1 atom stereocenters. The second-order valence-corrected chi connectivity index (χ2v) is 8.85. The van der Waals surface area contributed by atoms with Gasteiger partial charge in [0, 0.05) is 10.0 Å². The van der Waals surface area contributed by atoms with Gasteiger partial charge in [-0.3, -0.25) is 0 Å². The molecule has 0 bridgehead atoms. The summed E-state index contributed by atoms with van der Waals surface area (Å²) in [5.41, 5.74) is 1.23. The van der Waals surface area contributed by atoms with Crippen LogP contribution < -0.4 is 5.32 Å². The van der Waals surface area contributed by atoms with E-state index in [4.69, 9.17) is 4.74 Å². The highest BCUT2D eigenvalue weighted by Gasteiger charge is 2.32. The molecule has 1 unspecified atom stereocenters. The van der Waals surface area contributed by atoms with Gasteiger partial charge in [-0.2, -0.15) is 0 Å². The maximum atomic E-state index is 13.2. The zero-order chi connectivity index (χ0) is 20.0. The molecule has 7 heteroatoms. The minimum absolute atomic E-state index is 0.0424. The Hall–Kier alpha value is -2.64. The molecular weight excluding hydrogens is 442 g/mol. The molecule has 28 heavy (non-hydrogen) atoms. The molecule has 0 radical (unpaired) electrons. The van der Waals surface area contributed by atoms with Crippen LogP contribution in [0.3, 0.4) is 0 Å². The number of alkyl carbamates (subject to hydrolysis) is 1. The summed E-state index contributed by atoms with van der Waals surface area (Å²) in [5.74, 6) is 0. The number of hydrogen-bond donors (Lipinski definition) is 1. The number of hydrogen-bond acceptors (Lipinski definition) is 4. The van der Waals surface area contributed by atoms with Gasteiger partial charge in [0.25, 0.3) is 0 Å². The van der Waals surface area contributed by atoms with E-state index in [9.17, 15) is 13.2 Å². The van der Waals surface area contributed by atoms with Crippen molar-refractivity contribution < 1.29 is 17.9 Å². The van der Waals surface area contributed by atoms with Crippen LogP contribution in [0, 0.1) is 0 Å². The summed E-state index contributed by atoms with van der Waals surface area (Å²) < 4.78 is 32.2. The Bertz CT molecular complexity index is 1040. The molecule has 3 aromatic rings. The van der Waals surface area contributed by atoms with E-state index < -0.39 is 21.3 Å². The van der Waals surface area contributed by atoms with Gasteiger partial charge >= 0.3 is 6.09 Å². The number of ether oxygens (including phenoxy) is 1. The third-order valence-corrected chi connectivity index (χ3v) is 6.68. The van der Waals surface area contributed by atoms with E-state index in [2.05, 4.69) is 21.2 Å². The third kappa shape index (κ3) is 4.79. The average molecular weight is 460 g/mol. The normalized spacial score (nSPS) is 12.2. The van der Waals surface area contributed by atoms with Crippen LogP contribution >= 0.6 is 15.9 Å². The molecule has 0 heterocycles. The Morgan fingerprint density at radius 3 is 2.11 bits per heavy atom. The summed E-state index contributed by atoms with van der Waals surface area (Å²) >= 11 is 3.37. The predicted octanol–water partition coefficient (Wildman–Crippen LogP) is 4.85. The first kappa shape index (κ1) is 20.1. The third-order valence-electron chi connectivity index (χ3n) is 4.03. The van der Waals surface area contributed by atoms with Crippen molar-refractivity contribution in [2.24, 2.45) is 0 Å². The second-order valence-electron chi connectivity index (χ2n) is 5.97. The van der Waals surface area contributed by atoms with Crippen molar-refractivity contribution in [1.29, 1.82) is 0 Å². The summed E-state index contributed by atoms with van der Waals surface area (Å²) in [7, 11) is -3.90. The lowest BCUT2D eigenvalue weighted by molar-refractivity contribution is 0.138. The number of halogens is 1. The van der Waals surface area contributed by atoms with E-state index in [-0.39, 0.29) is 11.5 Å². The van der Waals surface area contributed by atoms with E-state index in [0.717, 1.165) is 5.56 Å². The highest BCUT2D eigenvalue weighted by atomic mass is 79.9. The quantitative estimate of drug-likeness (QED) is 0.571. The molecule has 3 rings (SSSR count). The molecular formula is C21H18BrNO4S. The fourth-order valence-electron chi connectivity index (χ4n) is 2.63. The molecule has 0 aliphatic heterocycles. The van der Waals surface area contributed by atoms with Crippen LogP contribution in [0.25, 0.3) is 0 Å². The van der Waals surface area contributed by atoms with Gasteiger partial charge in [-0.1, -0.05) is 82.7 Å². The average Bonchev–Trinajstić information content (AvgIpc) is 2.72. The van der Waals surface area contributed by atoms with Gasteiger partial charge in [0.05, 0.1) is 4.90 Å². The molecule has 1 N–H and O–H groups in total. The summed E-state index contributed by atoms with van der Waals surface area (Å²) in [6, 6.07) is 24.0. The van der Waals surface area contributed by atoms with Crippen LogP contribution in [0.15, 0.2) is 94.3 Å². The Balaban J connectivity index is 1.87. The predicted molar refractivity (Wildman–Crippen MR) is 110 cm³/mol. The van der Waals surface area contributed by atoms with E-state index >= 15 is 0 Å². The lowest BCUT2D eigenvalue weighted by Gasteiger charge is -2.21. The molecule has 144 valence electrons. The number of carbonyl (C=O) groups excluding carboxylic acids is 1. The van der Waals surface area contributed by atoms with Crippen LogP contribution in [0.5, 0.6) is 0 Å². The largest absolute Gasteiger partial charge is 0.445 e. The Morgan fingerprint density at radius 2 is 1.46 bits per heavy atom. The smallest absolute Gasteiger partial charge is 0.408 e. The highest BCUT2D eigenvalue weighted by molar-refractivity contribution is 9.10. The maximum absolute atomic E-state index is 13.2. The van der Waals surface area contributed by atoms with Crippen molar-refractivity contribution in [2.75, 3.05) is 0 Å². The maximum Gasteiger partial charge on any atom is 0.408 e. The molecule has 0 fully saturated rings. The molecule has 0 saturated heterocycles. The van der Waals surface area contributed by atoms with Crippen molar-refractivity contribution in [3.63, 3.8) is 0 Å². The van der Waals surface area contributed by atoms with Crippen molar-refractivity contribution in [2.45, 2.75) is 16.9 Å². The highest BCUT2D eigenvalue weighted by Crippen LogP contribution is 2.31. The first-order valence-electron chi connectivity index (χ1n) is 8.49. The fourth-order valence-corrected chi connectivity index (χ4v) is 4.89. The monoisotopic (exact) mass is 459 g/mol. The van der Waals surface area contributed by atoms with Crippen LogP contribution in [0.4, 0.5) is 4.79 Å². The number of rotatable bonds is 6. The van der Waals surface area contributed by atoms with Gasteiger partial charge in [0.2, 0.25) is 9.84 Å². The summed E-state index contributed by atoms with van der Waals surface area (Å²) in [4.78, 5) is 12.5. The number of amides is 1. The van der Waals surface area contributed by atoms with Crippen LogP contribution in [0.1, 0.15) is 16.5 Å². The number of sulfone groups is 1. The topological polar surface area (TPSA) is 72.5 Å². The van der Waals surface area contributed by atoms with E-state index in [1.54, 1.807) is 42.5 Å². The number of benzene rings is 3. The summed E-state index contributed by atoms with van der Waals surface area (Å²) in [6.45, 7) is 0.0424. The van der Waals surface area contributed by atoms with E-state index in [1.165, 1.54) is 12.1 Å². The first-order chi connectivity index (χ1) is 13.5. The Labute approximate surface area is 172 Å². The number of nitrogens with one attached hydrogen (secondary N) is 1. The molecule has 1 amide bonds. The van der Waals surface area contributed by atoms with E-state index in [1.807, 2.05) is 30.3 Å². The SMILES string of the molecule is O=C(NC(c1ccccc1Br)S(=O)(=O)c1ccccc1)OCc1ccccc1. The van der Waals surface area contributed by atoms with Gasteiger partial charge in [0.15, 0.2) is 5.37 Å². The lowest BCUT2D eigenvalue weighted by Crippen LogP contribution is -2.34. The van der Waals surface area contributed by atoms with Gasteiger partial charge in [-0.15, -0.1) is 0 Å². The molecule has 0 aliphatic carbocycles. The minimum Gasteiger partial charge on any atom is -0.445 e. The lowest BCUT2D eigenvalue weighted by atomic mass is 10.2. The molecule has 0 saturated carbocycles. The zero-order valence-electron chi connectivity index (χ0n) is 14.8. The van der Waals surface area contributed by atoms with Gasteiger partial charge in [0.1, 0.15) is 6.61 Å². The van der Waals surface area contributed by atoms with Crippen LogP contribution in [-0.4, -0.2) is 14.5 Å². The van der Waals surface area contributed by atoms with Crippen molar-refractivity contribution in [3.05, 3.63) is 101 Å². The standard InChI is InChI=1S/C21H18BrNO4S/c22-19-14-8-7-13-18(19)20(28(25,26)17-11-5-2-6-12-17)23-21(24)27-15-16-9-3-1-4-10-16/h1-14,20H,15H2,(H,23,24). The molecule has 0 spiro atoms. The van der Waals surface area contributed by atoms with Crippen molar-refractivity contribution in [1.82, 2.24) is 5.32 Å². The molecule has 0 aliphatic rings. The van der Waals surface area contributed by atoms with Crippen LogP contribution in [0.2, 0.25) is 0 Å². The zero-order valence-corrected chi connectivity index (χ0v) is 17.2. The van der Waals surface area contributed by atoms with Crippen molar-refractivity contribution >= 4 is 31.9 Å². The van der Waals surface area contributed by atoms with Gasteiger partial charge < -0.3 is 10.1 Å². The molecule has 3 aromatic carbocycles. The van der Waals surface area contributed by atoms with Crippen LogP contribution in [-0.2, 0) is 21.2 Å². The second kappa shape index (κ2) is 9.03. The van der Waals surface area contributed by atoms with Gasteiger partial charge in [-0.25, -0.2) is 13.2 Å². The Kier molecular flexibility index (Phi) is 6.49. The summed E-state index contributed by atoms with van der Waals surface area (Å²) in [5, 5.41) is 1.21. The first-order valence-corrected chi connectivity index (χ1v) is 10.8. The molecule has 5 nitrogen and oxygen atoms in total. The number of carbonyl (C=O) groups is 1.